The molecule has 0 bridgehead atoms. The molecule has 2 N–H and O–H groups in total. The highest BCUT2D eigenvalue weighted by Crippen LogP contribution is 2.27. The number of ether oxygens (including phenoxy) is 2. The fourth-order valence-corrected chi connectivity index (χ4v) is 2.79. The Labute approximate surface area is 159 Å². The van der Waals surface area contributed by atoms with Gasteiger partial charge in [0.1, 0.15) is 23.3 Å². The summed E-state index contributed by atoms with van der Waals surface area (Å²) < 4.78 is 10.6. The SMILES string of the molecule is CC(C)(C)OC(=O)NC(=O)C1NC(C(=O)OC(C)(C)C)Cc2ccccc21. The third kappa shape index (κ3) is 6.06. The van der Waals surface area contributed by atoms with E-state index >= 15 is 0 Å². The Kier molecular flexibility index (Phi) is 5.94. The summed E-state index contributed by atoms with van der Waals surface area (Å²) >= 11 is 0. The van der Waals surface area contributed by atoms with Gasteiger partial charge in [-0.05, 0) is 59.1 Å². The Morgan fingerprint density at radius 3 is 2.19 bits per heavy atom. The van der Waals surface area contributed by atoms with E-state index in [9.17, 15) is 14.4 Å². The van der Waals surface area contributed by atoms with Crippen LogP contribution in [0.4, 0.5) is 4.79 Å². The van der Waals surface area contributed by atoms with Crippen LogP contribution in [0.25, 0.3) is 0 Å². The van der Waals surface area contributed by atoms with Gasteiger partial charge in [-0.3, -0.25) is 20.2 Å². The molecule has 0 spiro atoms. The third-order valence-electron chi connectivity index (χ3n) is 3.74. The van der Waals surface area contributed by atoms with E-state index in [1.807, 2.05) is 18.2 Å². The van der Waals surface area contributed by atoms with Gasteiger partial charge in [0, 0.05) is 0 Å². The molecule has 1 aromatic rings. The third-order valence-corrected chi connectivity index (χ3v) is 3.74. The molecule has 0 radical (unpaired) electrons. The Balaban J connectivity index is 2.20. The summed E-state index contributed by atoms with van der Waals surface area (Å²) in [6, 6.07) is 5.77. The van der Waals surface area contributed by atoms with Crippen LogP contribution in [-0.2, 0) is 25.5 Å². The van der Waals surface area contributed by atoms with Gasteiger partial charge >= 0.3 is 12.1 Å². The summed E-state index contributed by atoms with van der Waals surface area (Å²) in [5, 5.41) is 5.25. The van der Waals surface area contributed by atoms with Gasteiger partial charge < -0.3 is 9.47 Å². The number of carbonyl (C=O) groups is 3. The molecule has 2 unspecified atom stereocenters. The van der Waals surface area contributed by atoms with E-state index in [0.717, 1.165) is 11.1 Å². The molecule has 2 atom stereocenters. The summed E-state index contributed by atoms with van der Waals surface area (Å²) in [7, 11) is 0. The first-order chi connectivity index (χ1) is 12.4. The van der Waals surface area contributed by atoms with Crippen LogP contribution >= 0.6 is 0 Å². The molecule has 1 heterocycles. The van der Waals surface area contributed by atoms with Crippen molar-refractivity contribution < 1.29 is 23.9 Å². The zero-order chi connectivity index (χ0) is 20.4. The molecule has 7 heteroatoms. The highest BCUT2D eigenvalue weighted by atomic mass is 16.6. The molecule has 0 fully saturated rings. The first kappa shape index (κ1) is 20.9. The van der Waals surface area contributed by atoms with Crippen LogP contribution in [0.5, 0.6) is 0 Å². The van der Waals surface area contributed by atoms with E-state index in [1.165, 1.54) is 0 Å². The molecular formula is C20H28N2O5. The van der Waals surface area contributed by atoms with Crippen molar-refractivity contribution in [1.29, 1.82) is 0 Å². The summed E-state index contributed by atoms with van der Waals surface area (Å²) in [4.78, 5) is 37.1. The standard InChI is InChI=1S/C20H28N2O5/c1-19(2,3)26-17(24)14-11-12-9-7-8-10-13(12)15(21-14)16(23)22-18(25)27-20(4,5)6/h7-10,14-15,21H,11H2,1-6H3,(H,22,23,25). The molecule has 148 valence electrons. The molecule has 2 rings (SSSR count). The highest BCUT2D eigenvalue weighted by molar-refractivity contribution is 5.96. The molecule has 1 aromatic carbocycles. The first-order valence-electron chi connectivity index (χ1n) is 8.96. The fraction of sp³-hybridized carbons (Fsp3) is 0.550. The maximum atomic E-state index is 12.7. The molecule has 0 aromatic heterocycles. The minimum atomic E-state index is -0.861. The molecule has 1 aliphatic rings. The Morgan fingerprint density at radius 1 is 1.00 bits per heavy atom. The maximum absolute atomic E-state index is 12.7. The number of fused-ring (bicyclic) bond motifs is 1. The summed E-state index contributed by atoms with van der Waals surface area (Å²) in [6.45, 7) is 10.5. The monoisotopic (exact) mass is 376 g/mol. The molecule has 0 aliphatic carbocycles. The number of rotatable bonds is 2. The Bertz CT molecular complexity index is 731. The van der Waals surface area contributed by atoms with Gasteiger partial charge in [0.05, 0.1) is 0 Å². The number of amides is 2. The van der Waals surface area contributed by atoms with Crippen molar-refractivity contribution in [2.75, 3.05) is 0 Å². The molecule has 27 heavy (non-hydrogen) atoms. The topological polar surface area (TPSA) is 93.7 Å². The minimum absolute atomic E-state index is 0.404. The lowest BCUT2D eigenvalue weighted by Gasteiger charge is -2.33. The van der Waals surface area contributed by atoms with Crippen molar-refractivity contribution in [3.63, 3.8) is 0 Å². The highest BCUT2D eigenvalue weighted by Gasteiger charge is 2.37. The predicted octanol–water partition coefficient (Wildman–Crippen LogP) is 2.64. The van der Waals surface area contributed by atoms with E-state index in [1.54, 1.807) is 47.6 Å². The van der Waals surface area contributed by atoms with Crippen molar-refractivity contribution in [1.82, 2.24) is 10.6 Å². The zero-order valence-electron chi connectivity index (χ0n) is 16.7. The van der Waals surface area contributed by atoms with Crippen molar-refractivity contribution in [2.45, 2.75) is 71.2 Å². The van der Waals surface area contributed by atoms with E-state index in [0.29, 0.717) is 6.42 Å². The van der Waals surface area contributed by atoms with Crippen LogP contribution in [-0.4, -0.2) is 35.2 Å². The second kappa shape index (κ2) is 7.68. The molecular weight excluding hydrogens is 348 g/mol. The van der Waals surface area contributed by atoms with Gasteiger partial charge in [-0.15, -0.1) is 0 Å². The summed E-state index contributed by atoms with van der Waals surface area (Å²) in [5.74, 6) is -1.02. The summed E-state index contributed by atoms with van der Waals surface area (Å²) in [6.07, 6.45) is -0.424. The van der Waals surface area contributed by atoms with Gasteiger partial charge in [0.15, 0.2) is 0 Å². The number of carbonyl (C=O) groups excluding carboxylic acids is 3. The second-order valence-electron chi connectivity index (χ2n) is 8.58. The van der Waals surface area contributed by atoms with E-state index < -0.39 is 41.3 Å². The van der Waals surface area contributed by atoms with E-state index in [-0.39, 0.29) is 0 Å². The quantitative estimate of drug-likeness (QED) is 0.771. The second-order valence-corrected chi connectivity index (χ2v) is 8.58. The van der Waals surface area contributed by atoms with Crippen molar-refractivity contribution in [3.05, 3.63) is 35.4 Å². The van der Waals surface area contributed by atoms with E-state index in [2.05, 4.69) is 10.6 Å². The number of hydrogen-bond acceptors (Lipinski definition) is 6. The molecule has 7 nitrogen and oxygen atoms in total. The van der Waals surface area contributed by atoms with Crippen LogP contribution in [0, 0.1) is 0 Å². The summed E-state index contributed by atoms with van der Waals surface area (Å²) in [5.41, 5.74) is 0.223. The maximum Gasteiger partial charge on any atom is 0.414 e. The lowest BCUT2D eigenvalue weighted by atomic mass is 9.89. The van der Waals surface area contributed by atoms with E-state index in [4.69, 9.17) is 9.47 Å². The molecule has 0 saturated heterocycles. The van der Waals surface area contributed by atoms with Gasteiger partial charge in [-0.25, -0.2) is 4.79 Å². The van der Waals surface area contributed by atoms with Crippen LogP contribution < -0.4 is 10.6 Å². The molecule has 1 aliphatic heterocycles. The first-order valence-corrected chi connectivity index (χ1v) is 8.96. The Morgan fingerprint density at radius 2 is 1.59 bits per heavy atom. The number of alkyl carbamates (subject to hydrolysis) is 1. The number of nitrogens with one attached hydrogen (secondary N) is 2. The van der Waals surface area contributed by atoms with Gasteiger partial charge in [-0.2, -0.15) is 0 Å². The smallest absolute Gasteiger partial charge is 0.414 e. The predicted molar refractivity (Wildman–Crippen MR) is 100 cm³/mol. The average Bonchev–Trinajstić information content (AvgIpc) is 2.50. The molecule has 2 amide bonds. The van der Waals surface area contributed by atoms with Crippen LogP contribution in [0.2, 0.25) is 0 Å². The Hall–Kier alpha value is -2.41. The minimum Gasteiger partial charge on any atom is -0.459 e. The lowest BCUT2D eigenvalue weighted by Crippen LogP contribution is -2.52. The average molecular weight is 376 g/mol. The van der Waals surface area contributed by atoms with Crippen LogP contribution in [0.1, 0.15) is 58.7 Å². The van der Waals surface area contributed by atoms with Gasteiger partial charge in [0.25, 0.3) is 5.91 Å². The van der Waals surface area contributed by atoms with Crippen LogP contribution in [0.15, 0.2) is 24.3 Å². The largest absolute Gasteiger partial charge is 0.459 e. The van der Waals surface area contributed by atoms with Gasteiger partial charge in [-0.1, -0.05) is 24.3 Å². The van der Waals surface area contributed by atoms with Crippen LogP contribution in [0.3, 0.4) is 0 Å². The lowest BCUT2D eigenvalue weighted by molar-refractivity contribution is -0.158. The number of imide groups is 1. The number of hydrogen-bond donors (Lipinski definition) is 2. The van der Waals surface area contributed by atoms with Crippen molar-refractivity contribution in [3.8, 4) is 0 Å². The molecule has 0 saturated carbocycles. The van der Waals surface area contributed by atoms with Crippen molar-refractivity contribution in [2.24, 2.45) is 0 Å². The normalized spacial score (nSPS) is 19.6. The zero-order valence-corrected chi connectivity index (χ0v) is 16.7. The fourth-order valence-electron chi connectivity index (χ4n) is 2.79. The van der Waals surface area contributed by atoms with Crippen molar-refractivity contribution >= 4 is 18.0 Å². The number of esters is 1. The number of benzene rings is 1. The van der Waals surface area contributed by atoms with Gasteiger partial charge in [0.2, 0.25) is 0 Å².